The van der Waals surface area contributed by atoms with Gasteiger partial charge in [-0.05, 0) is 42.3 Å². The third kappa shape index (κ3) is 5.56. The lowest BCUT2D eigenvalue weighted by atomic mass is 10.0. The van der Waals surface area contributed by atoms with Crippen molar-refractivity contribution < 1.29 is 9.84 Å². The fourth-order valence-electron chi connectivity index (χ4n) is 4.69. The zero-order valence-electron chi connectivity index (χ0n) is 20.6. The quantitative estimate of drug-likeness (QED) is 0.200. The summed E-state index contributed by atoms with van der Waals surface area (Å²) in [7, 11) is 5.09. The third-order valence-electron chi connectivity index (χ3n) is 6.76. The number of aromatic hydroxyl groups is 1. The van der Waals surface area contributed by atoms with Gasteiger partial charge in [-0.2, -0.15) is 0 Å². The molecule has 3 aromatic carbocycles. The number of hydrogen-bond acceptors (Lipinski definition) is 7. The van der Waals surface area contributed by atoms with Crippen LogP contribution in [0.15, 0.2) is 66.7 Å². The zero-order chi connectivity index (χ0) is 25.1. The van der Waals surface area contributed by atoms with Crippen molar-refractivity contribution in [3.05, 3.63) is 87.2 Å². The minimum absolute atomic E-state index is 0.353. The van der Waals surface area contributed by atoms with Crippen LogP contribution >= 0.6 is 32.9 Å². The number of nitrogens with zero attached hydrogens (tertiary/aromatic N) is 2. The number of phenolic OH excluding ortho intramolecular Hbond substituents is 1. The molecule has 5 rings (SSSR count). The highest BCUT2D eigenvalue weighted by molar-refractivity contribution is 7.80. The SMILES string of the molecule is COc1ccccc1CN1CCN(Cc2cc(-c3ssc(=S)c3-c3ccc(C)cc3)ccc2O)CC1. The van der Waals surface area contributed by atoms with Crippen LogP contribution in [0.5, 0.6) is 11.5 Å². The molecule has 7 heteroatoms. The van der Waals surface area contributed by atoms with E-state index in [2.05, 4.69) is 59.2 Å². The standard InChI is InChI=1S/C29H30N2O2S3/c1-20-7-9-21(10-8-20)27-28(35-36-29(27)34)22-11-12-25(32)24(17-22)19-31-15-13-30(14-16-31)18-23-5-3-4-6-26(23)33-2/h3-12,17,32H,13-16,18-19H2,1-2H3. The van der Waals surface area contributed by atoms with Crippen molar-refractivity contribution in [1.29, 1.82) is 0 Å². The number of piperazine rings is 1. The maximum atomic E-state index is 10.7. The van der Waals surface area contributed by atoms with Gasteiger partial charge < -0.3 is 9.84 Å². The van der Waals surface area contributed by atoms with Crippen LogP contribution in [-0.4, -0.2) is 48.2 Å². The predicted molar refractivity (Wildman–Crippen MR) is 154 cm³/mol. The predicted octanol–water partition coefficient (Wildman–Crippen LogP) is 7.21. The molecule has 0 unspecified atom stereocenters. The topological polar surface area (TPSA) is 35.9 Å². The molecule has 36 heavy (non-hydrogen) atoms. The molecule has 2 heterocycles. The van der Waals surface area contributed by atoms with Crippen molar-refractivity contribution in [2.45, 2.75) is 20.0 Å². The maximum absolute atomic E-state index is 10.7. The lowest BCUT2D eigenvalue weighted by molar-refractivity contribution is 0.120. The van der Waals surface area contributed by atoms with Gasteiger partial charge in [0, 0.05) is 56.0 Å². The summed E-state index contributed by atoms with van der Waals surface area (Å²) in [5, 5.41) is 10.7. The van der Waals surface area contributed by atoms with Crippen LogP contribution in [0.4, 0.5) is 0 Å². The molecular formula is C29H30N2O2S3. The summed E-state index contributed by atoms with van der Waals surface area (Å²) in [5.74, 6) is 1.30. The number of ether oxygens (including phenoxy) is 1. The van der Waals surface area contributed by atoms with Crippen LogP contribution in [0.25, 0.3) is 21.6 Å². The van der Waals surface area contributed by atoms with E-state index in [1.165, 1.54) is 16.0 Å². The molecule has 0 radical (unpaired) electrons. The molecule has 4 aromatic rings. The van der Waals surface area contributed by atoms with Crippen molar-refractivity contribution >= 4 is 32.9 Å². The first-order valence-corrected chi connectivity index (χ1v) is 14.7. The van der Waals surface area contributed by atoms with Crippen molar-refractivity contribution in [3.8, 4) is 33.1 Å². The molecule has 0 bridgehead atoms. The molecule has 4 nitrogen and oxygen atoms in total. The molecule has 1 aliphatic rings. The van der Waals surface area contributed by atoms with E-state index < -0.39 is 0 Å². The Morgan fingerprint density at radius 3 is 2.17 bits per heavy atom. The first-order valence-electron chi connectivity index (χ1n) is 12.1. The van der Waals surface area contributed by atoms with E-state index in [0.717, 1.165) is 71.1 Å². The number of para-hydroxylation sites is 1. The average Bonchev–Trinajstić information content (AvgIpc) is 3.28. The van der Waals surface area contributed by atoms with E-state index in [1.54, 1.807) is 27.8 Å². The second kappa shape index (κ2) is 11.2. The molecule has 0 aliphatic carbocycles. The molecule has 1 aromatic heterocycles. The van der Waals surface area contributed by atoms with Crippen molar-refractivity contribution in [1.82, 2.24) is 9.80 Å². The molecule has 0 spiro atoms. The van der Waals surface area contributed by atoms with Crippen LogP contribution in [0.2, 0.25) is 0 Å². The second-order valence-corrected chi connectivity index (χ2v) is 12.0. The summed E-state index contributed by atoms with van der Waals surface area (Å²) in [4.78, 5) is 6.07. The molecule has 0 saturated carbocycles. The monoisotopic (exact) mass is 534 g/mol. The Balaban J connectivity index is 1.29. The first-order chi connectivity index (χ1) is 17.5. The number of methoxy groups -OCH3 is 1. The minimum Gasteiger partial charge on any atom is -0.508 e. The van der Waals surface area contributed by atoms with Crippen molar-refractivity contribution in [2.24, 2.45) is 0 Å². The number of phenols is 1. The fourth-order valence-corrected chi connectivity index (χ4v) is 7.60. The summed E-state index contributed by atoms with van der Waals surface area (Å²) in [6, 6.07) is 22.8. The third-order valence-corrected chi connectivity index (χ3v) is 9.83. The van der Waals surface area contributed by atoms with Crippen LogP contribution < -0.4 is 4.74 Å². The average molecular weight is 535 g/mol. The molecule has 0 atom stereocenters. The Labute approximate surface area is 225 Å². The lowest BCUT2D eigenvalue weighted by Crippen LogP contribution is -2.45. The van der Waals surface area contributed by atoms with Gasteiger partial charge in [0.2, 0.25) is 0 Å². The summed E-state index contributed by atoms with van der Waals surface area (Å²) in [5.41, 5.74) is 6.82. The molecule has 0 amide bonds. The smallest absolute Gasteiger partial charge is 0.123 e. The second-order valence-electron chi connectivity index (χ2n) is 9.23. The highest BCUT2D eigenvalue weighted by atomic mass is 32.9. The van der Waals surface area contributed by atoms with Gasteiger partial charge in [-0.15, -0.1) is 0 Å². The van der Waals surface area contributed by atoms with E-state index >= 15 is 0 Å². The van der Waals surface area contributed by atoms with E-state index in [1.807, 2.05) is 24.3 Å². The van der Waals surface area contributed by atoms with Crippen LogP contribution in [0.1, 0.15) is 16.7 Å². The summed E-state index contributed by atoms with van der Waals surface area (Å²) in [6.45, 7) is 7.63. The van der Waals surface area contributed by atoms with E-state index in [-0.39, 0.29) is 0 Å². The molecule has 1 N–H and O–H groups in total. The summed E-state index contributed by atoms with van der Waals surface area (Å²) in [6.07, 6.45) is 0. The number of benzene rings is 3. The van der Waals surface area contributed by atoms with Gasteiger partial charge in [-0.1, -0.05) is 80.9 Å². The van der Waals surface area contributed by atoms with E-state index in [9.17, 15) is 5.11 Å². The Bertz CT molecular complexity index is 1390. The first kappa shape index (κ1) is 25.1. The zero-order valence-corrected chi connectivity index (χ0v) is 23.0. The summed E-state index contributed by atoms with van der Waals surface area (Å²) < 4.78 is 6.44. The van der Waals surface area contributed by atoms with Gasteiger partial charge in [0.25, 0.3) is 0 Å². The van der Waals surface area contributed by atoms with Gasteiger partial charge in [0.1, 0.15) is 15.3 Å². The number of hydrogen-bond donors (Lipinski definition) is 1. The molecule has 1 fully saturated rings. The Morgan fingerprint density at radius 2 is 1.47 bits per heavy atom. The van der Waals surface area contributed by atoms with Crippen LogP contribution in [0, 0.1) is 10.7 Å². The van der Waals surface area contributed by atoms with Crippen LogP contribution in [-0.2, 0) is 13.1 Å². The van der Waals surface area contributed by atoms with Crippen molar-refractivity contribution in [2.75, 3.05) is 33.3 Å². The van der Waals surface area contributed by atoms with Gasteiger partial charge in [-0.25, -0.2) is 0 Å². The molecule has 1 aliphatic heterocycles. The Morgan fingerprint density at radius 1 is 0.833 bits per heavy atom. The van der Waals surface area contributed by atoms with Gasteiger partial charge in [0.05, 0.1) is 12.0 Å². The molecule has 1 saturated heterocycles. The highest BCUT2D eigenvalue weighted by Crippen LogP contribution is 2.42. The van der Waals surface area contributed by atoms with Gasteiger partial charge in [-0.3, -0.25) is 9.80 Å². The molecular weight excluding hydrogens is 505 g/mol. The Hall–Kier alpha value is -2.55. The number of aryl methyl sites for hydroxylation is 1. The highest BCUT2D eigenvalue weighted by Gasteiger charge is 2.20. The van der Waals surface area contributed by atoms with Crippen LogP contribution in [0.3, 0.4) is 0 Å². The van der Waals surface area contributed by atoms with E-state index in [0.29, 0.717) is 5.75 Å². The fraction of sp³-hybridized carbons (Fsp3) is 0.276. The normalized spacial score (nSPS) is 14.7. The van der Waals surface area contributed by atoms with Crippen molar-refractivity contribution in [3.63, 3.8) is 0 Å². The number of rotatable bonds is 7. The summed E-state index contributed by atoms with van der Waals surface area (Å²) >= 11 is 5.71. The van der Waals surface area contributed by atoms with Gasteiger partial charge in [0.15, 0.2) is 0 Å². The molecule has 186 valence electrons. The van der Waals surface area contributed by atoms with E-state index in [4.69, 9.17) is 17.0 Å². The van der Waals surface area contributed by atoms with Gasteiger partial charge >= 0.3 is 0 Å². The largest absolute Gasteiger partial charge is 0.508 e. The Kier molecular flexibility index (Phi) is 7.84. The lowest BCUT2D eigenvalue weighted by Gasteiger charge is -2.35. The minimum atomic E-state index is 0.353. The maximum Gasteiger partial charge on any atom is 0.123 e.